The highest BCUT2D eigenvalue weighted by Gasteiger charge is 2.20. The number of esters is 1. The molecule has 2 aromatic carbocycles. The Morgan fingerprint density at radius 2 is 1.87 bits per heavy atom. The van der Waals surface area contributed by atoms with E-state index in [1.165, 1.54) is 18.2 Å². The molecule has 0 unspecified atom stereocenters. The average Bonchev–Trinajstić information content (AvgIpc) is 2.73. The molecule has 0 atom stereocenters. The highest BCUT2D eigenvalue weighted by atomic mass is 19.1. The predicted molar refractivity (Wildman–Crippen MR) is 111 cm³/mol. The number of rotatable bonds is 7. The van der Waals surface area contributed by atoms with Crippen LogP contribution in [0.1, 0.15) is 23.0 Å². The molecule has 0 aliphatic carbocycles. The van der Waals surface area contributed by atoms with Gasteiger partial charge in [0, 0.05) is 5.69 Å². The lowest BCUT2D eigenvalue weighted by Crippen LogP contribution is -2.27. The third-order valence-electron chi connectivity index (χ3n) is 4.11. The summed E-state index contributed by atoms with van der Waals surface area (Å²) in [6, 6.07) is 13.4. The SMILES string of the molecule is CCOC(=O)c1nn(-c2ccc(C)cc2)c(=O)cc1OCC(=O)Nc1cccc(F)c1. The molecule has 0 saturated heterocycles. The Morgan fingerprint density at radius 1 is 1.13 bits per heavy atom. The lowest BCUT2D eigenvalue weighted by Gasteiger charge is -2.13. The van der Waals surface area contributed by atoms with Crippen molar-refractivity contribution in [2.75, 3.05) is 18.5 Å². The van der Waals surface area contributed by atoms with Crippen molar-refractivity contribution in [2.45, 2.75) is 13.8 Å². The van der Waals surface area contributed by atoms with Crippen LogP contribution in [0.15, 0.2) is 59.4 Å². The van der Waals surface area contributed by atoms with E-state index >= 15 is 0 Å². The van der Waals surface area contributed by atoms with Gasteiger partial charge in [0.05, 0.1) is 18.4 Å². The van der Waals surface area contributed by atoms with Crippen molar-refractivity contribution >= 4 is 17.6 Å². The van der Waals surface area contributed by atoms with Gasteiger partial charge in [0.1, 0.15) is 5.82 Å². The first-order chi connectivity index (χ1) is 14.9. The van der Waals surface area contributed by atoms with Crippen LogP contribution < -0.4 is 15.6 Å². The molecule has 3 aromatic rings. The fraction of sp³-hybridized carbons (Fsp3) is 0.182. The van der Waals surface area contributed by atoms with Crippen molar-refractivity contribution in [1.82, 2.24) is 9.78 Å². The third kappa shape index (κ3) is 5.53. The van der Waals surface area contributed by atoms with E-state index in [9.17, 15) is 18.8 Å². The summed E-state index contributed by atoms with van der Waals surface area (Å²) in [5.74, 6) is -2.11. The van der Waals surface area contributed by atoms with E-state index in [0.717, 1.165) is 22.4 Å². The maximum Gasteiger partial charge on any atom is 0.362 e. The lowest BCUT2D eigenvalue weighted by molar-refractivity contribution is -0.118. The van der Waals surface area contributed by atoms with Crippen LogP contribution in [0.3, 0.4) is 0 Å². The number of aromatic nitrogens is 2. The Morgan fingerprint density at radius 3 is 2.55 bits per heavy atom. The molecule has 1 aromatic heterocycles. The van der Waals surface area contributed by atoms with Crippen LogP contribution in [0.4, 0.5) is 10.1 Å². The lowest BCUT2D eigenvalue weighted by atomic mass is 10.2. The van der Waals surface area contributed by atoms with Crippen LogP contribution in [-0.4, -0.2) is 34.9 Å². The number of benzene rings is 2. The first kappa shape index (κ1) is 21.7. The quantitative estimate of drug-likeness (QED) is 0.585. The Balaban J connectivity index is 1.85. The number of anilines is 1. The average molecular weight is 425 g/mol. The van der Waals surface area contributed by atoms with Gasteiger partial charge in [-0.2, -0.15) is 9.78 Å². The molecule has 0 bridgehead atoms. The molecule has 1 amide bonds. The first-order valence-corrected chi connectivity index (χ1v) is 9.44. The van der Waals surface area contributed by atoms with Gasteiger partial charge in [0.2, 0.25) is 5.69 Å². The highest BCUT2D eigenvalue weighted by molar-refractivity contribution is 5.93. The molecule has 0 fully saturated rings. The topological polar surface area (TPSA) is 99.5 Å². The molecule has 31 heavy (non-hydrogen) atoms. The standard InChI is InChI=1S/C22H20FN3O5/c1-3-30-22(29)21-18(31-13-19(27)24-16-6-4-5-15(23)11-16)12-20(28)26(25-21)17-9-7-14(2)8-10-17/h4-12H,3,13H2,1-2H3,(H,24,27). The summed E-state index contributed by atoms with van der Waals surface area (Å²) in [6.45, 7) is 3.08. The largest absolute Gasteiger partial charge is 0.481 e. The summed E-state index contributed by atoms with van der Waals surface area (Å²) in [6.07, 6.45) is 0. The van der Waals surface area contributed by atoms with E-state index in [-0.39, 0.29) is 23.7 Å². The van der Waals surface area contributed by atoms with Gasteiger partial charge in [0.25, 0.3) is 11.5 Å². The van der Waals surface area contributed by atoms with Crippen LogP contribution in [0, 0.1) is 12.7 Å². The van der Waals surface area contributed by atoms with Crippen molar-refractivity contribution in [3.8, 4) is 11.4 Å². The van der Waals surface area contributed by atoms with E-state index in [0.29, 0.717) is 5.69 Å². The van der Waals surface area contributed by atoms with E-state index in [2.05, 4.69) is 10.4 Å². The van der Waals surface area contributed by atoms with Crippen molar-refractivity contribution < 1.29 is 23.5 Å². The summed E-state index contributed by atoms with van der Waals surface area (Å²) in [7, 11) is 0. The summed E-state index contributed by atoms with van der Waals surface area (Å²) >= 11 is 0. The van der Waals surface area contributed by atoms with Gasteiger partial charge >= 0.3 is 5.97 Å². The van der Waals surface area contributed by atoms with Crippen molar-refractivity contribution in [3.63, 3.8) is 0 Å². The van der Waals surface area contributed by atoms with Crippen LogP contribution in [0.5, 0.6) is 5.75 Å². The molecule has 0 aliphatic heterocycles. The minimum absolute atomic E-state index is 0.0870. The monoisotopic (exact) mass is 425 g/mol. The zero-order chi connectivity index (χ0) is 22.4. The van der Waals surface area contributed by atoms with Gasteiger partial charge in [-0.15, -0.1) is 0 Å². The Labute approximate surface area is 177 Å². The molecule has 1 heterocycles. The van der Waals surface area contributed by atoms with Crippen LogP contribution in [0.25, 0.3) is 5.69 Å². The van der Waals surface area contributed by atoms with Gasteiger partial charge in [-0.25, -0.2) is 9.18 Å². The van der Waals surface area contributed by atoms with Gasteiger partial charge in [-0.1, -0.05) is 23.8 Å². The fourth-order valence-corrected chi connectivity index (χ4v) is 2.67. The number of amides is 1. The number of carbonyl (C=O) groups is 2. The molecule has 0 aliphatic rings. The normalized spacial score (nSPS) is 10.4. The molecular formula is C22H20FN3O5. The molecule has 0 radical (unpaired) electrons. The molecule has 8 nitrogen and oxygen atoms in total. The second kappa shape index (κ2) is 9.66. The summed E-state index contributed by atoms with van der Waals surface area (Å²) < 4.78 is 24.7. The minimum Gasteiger partial charge on any atom is -0.481 e. The zero-order valence-corrected chi connectivity index (χ0v) is 16.9. The second-order valence-electron chi connectivity index (χ2n) is 6.51. The molecule has 0 saturated carbocycles. The maximum atomic E-state index is 13.2. The van der Waals surface area contributed by atoms with Crippen molar-refractivity contribution in [2.24, 2.45) is 0 Å². The van der Waals surface area contributed by atoms with E-state index < -0.39 is 29.9 Å². The molecular weight excluding hydrogens is 405 g/mol. The smallest absolute Gasteiger partial charge is 0.362 e. The number of aryl methyl sites for hydroxylation is 1. The summed E-state index contributed by atoms with van der Waals surface area (Å²) in [5.41, 5.74) is 0.883. The van der Waals surface area contributed by atoms with Gasteiger partial charge in [-0.3, -0.25) is 9.59 Å². The molecule has 0 spiro atoms. The van der Waals surface area contributed by atoms with E-state index in [4.69, 9.17) is 9.47 Å². The Bertz CT molecular complexity index is 1160. The predicted octanol–water partition coefficient (Wildman–Crippen LogP) is 2.87. The number of nitrogens with one attached hydrogen (secondary N) is 1. The highest BCUT2D eigenvalue weighted by Crippen LogP contribution is 2.17. The second-order valence-corrected chi connectivity index (χ2v) is 6.51. The fourth-order valence-electron chi connectivity index (χ4n) is 2.67. The summed E-state index contributed by atoms with van der Waals surface area (Å²) in [5, 5.41) is 6.55. The molecule has 9 heteroatoms. The number of nitrogens with zero attached hydrogens (tertiary/aromatic N) is 2. The number of halogens is 1. The minimum atomic E-state index is -0.802. The number of hydrogen-bond donors (Lipinski definition) is 1. The van der Waals surface area contributed by atoms with Gasteiger partial charge in [0.15, 0.2) is 12.4 Å². The van der Waals surface area contributed by atoms with Gasteiger partial charge < -0.3 is 14.8 Å². The summed E-state index contributed by atoms with van der Waals surface area (Å²) in [4.78, 5) is 37.1. The first-order valence-electron chi connectivity index (χ1n) is 9.44. The number of hydrogen-bond acceptors (Lipinski definition) is 6. The van der Waals surface area contributed by atoms with E-state index in [1.807, 2.05) is 6.92 Å². The maximum absolute atomic E-state index is 13.2. The third-order valence-corrected chi connectivity index (χ3v) is 4.11. The number of ether oxygens (including phenoxy) is 2. The number of carbonyl (C=O) groups excluding carboxylic acids is 2. The zero-order valence-electron chi connectivity index (χ0n) is 16.9. The Kier molecular flexibility index (Phi) is 6.76. The Hall–Kier alpha value is -4.01. The molecule has 1 N–H and O–H groups in total. The van der Waals surface area contributed by atoms with Crippen LogP contribution in [0.2, 0.25) is 0 Å². The van der Waals surface area contributed by atoms with Crippen LogP contribution in [-0.2, 0) is 9.53 Å². The van der Waals surface area contributed by atoms with E-state index in [1.54, 1.807) is 31.2 Å². The molecule has 160 valence electrons. The van der Waals surface area contributed by atoms with Crippen molar-refractivity contribution in [3.05, 3.63) is 82.0 Å². The molecule has 3 rings (SSSR count). The van der Waals surface area contributed by atoms with Crippen LogP contribution >= 0.6 is 0 Å². The van der Waals surface area contributed by atoms with Gasteiger partial charge in [-0.05, 0) is 44.2 Å². The van der Waals surface area contributed by atoms with Crippen molar-refractivity contribution in [1.29, 1.82) is 0 Å².